The second-order valence-corrected chi connectivity index (χ2v) is 5.87. The predicted molar refractivity (Wildman–Crippen MR) is 79.3 cm³/mol. The first kappa shape index (κ1) is 14.5. The first-order valence-corrected chi connectivity index (χ1v) is 6.67. The van der Waals surface area contributed by atoms with E-state index >= 15 is 0 Å². The monoisotopic (exact) mass is 272 g/mol. The van der Waals surface area contributed by atoms with Crippen molar-refractivity contribution in [3.05, 3.63) is 42.1 Å². The quantitative estimate of drug-likeness (QED) is 0.872. The van der Waals surface area contributed by atoms with Crippen molar-refractivity contribution in [1.82, 2.24) is 4.98 Å². The number of hydrogen-bond donors (Lipinski definition) is 1. The summed E-state index contributed by atoms with van der Waals surface area (Å²) in [6, 6.07) is 9.15. The van der Waals surface area contributed by atoms with Gasteiger partial charge in [-0.3, -0.25) is 9.78 Å². The normalized spacial score (nSPS) is 13.2. The maximum atomic E-state index is 11.9. The molecule has 2 aromatic rings. The van der Waals surface area contributed by atoms with E-state index in [9.17, 15) is 4.79 Å². The molecule has 0 aliphatic rings. The molecule has 1 aromatic heterocycles. The fourth-order valence-electron chi connectivity index (χ4n) is 1.95. The van der Waals surface area contributed by atoms with Gasteiger partial charge in [-0.15, -0.1) is 0 Å². The third kappa shape index (κ3) is 3.78. The number of aromatic nitrogens is 1. The van der Waals surface area contributed by atoms with Crippen molar-refractivity contribution in [2.24, 2.45) is 5.73 Å². The summed E-state index contributed by atoms with van der Waals surface area (Å²) in [6.45, 7) is 5.49. The molecule has 1 unspecified atom stereocenters. The van der Waals surface area contributed by atoms with Gasteiger partial charge in [0.05, 0.1) is 5.52 Å². The van der Waals surface area contributed by atoms with Crippen LogP contribution in [-0.2, 0) is 16.0 Å². The molecule has 1 atom stereocenters. The summed E-state index contributed by atoms with van der Waals surface area (Å²) in [4.78, 5) is 16.2. The van der Waals surface area contributed by atoms with Crippen molar-refractivity contribution in [2.45, 2.75) is 38.8 Å². The highest BCUT2D eigenvalue weighted by Gasteiger charge is 2.22. The fraction of sp³-hybridized carbons (Fsp3) is 0.375. The molecule has 0 aliphatic heterocycles. The average molecular weight is 272 g/mol. The molecule has 0 fully saturated rings. The molecular weight excluding hydrogens is 252 g/mol. The highest BCUT2D eigenvalue weighted by Crippen LogP contribution is 2.15. The number of carbonyl (C=O) groups is 1. The fourth-order valence-corrected chi connectivity index (χ4v) is 1.95. The maximum absolute atomic E-state index is 11.9. The molecule has 0 radical (unpaired) electrons. The molecule has 0 aliphatic carbocycles. The van der Waals surface area contributed by atoms with Crippen molar-refractivity contribution in [1.29, 1.82) is 0 Å². The number of ether oxygens (including phenoxy) is 1. The van der Waals surface area contributed by atoms with E-state index in [-0.39, 0.29) is 5.97 Å². The predicted octanol–water partition coefficient (Wildman–Crippen LogP) is 2.45. The maximum Gasteiger partial charge on any atom is 0.323 e. The molecule has 20 heavy (non-hydrogen) atoms. The standard InChI is InChI=1S/C16H20N2O2/c1-16(2,3)20-15(19)13(17)9-11-6-7-12-5-4-8-18-14(12)10-11/h4-8,10,13H,9,17H2,1-3H3. The lowest BCUT2D eigenvalue weighted by molar-refractivity contribution is -0.156. The molecule has 0 spiro atoms. The number of carbonyl (C=O) groups excluding carboxylic acids is 1. The Bertz CT molecular complexity index is 617. The summed E-state index contributed by atoms with van der Waals surface area (Å²) in [7, 11) is 0. The van der Waals surface area contributed by atoms with Crippen LogP contribution in [0.1, 0.15) is 26.3 Å². The smallest absolute Gasteiger partial charge is 0.323 e. The first-order valence-electron chi connectivity index (χ1n) is 6.67. The van der Waals surface area contributed by atoms with Gasteiger partial charge in [0.25, 0.3) is 0 Å². The summed E-state index contributed by atoms with van der Waals surface area (Å²) >= 11 is 0. The van der Waals surface area contributed by atoms with Crippen molar-refractivity contribution >= 4 is 16.9 Å². The molecule has 0 saturated carbocycles. The lowest BCUT2D eigenvalue weighted by Gasteiger charge is -2.22. The van der Waals surface area contributed by atoms with Crippen molar-refractivity contribution in [3.63, 3.8) is 0 Å². The van der Waals surface area contributed by atoms with E-state index in [2.05, 4.69) is 4.98 Å². The number of esters is 1. The summed E-state index contributed by atoms with van der Waals surface area (Å²) in [5.41, 5.74) is 7.28. The molecule has 2 N–H and O–H groups in total. The molecule has 106 valence electrons. The van der Waals surface area contributed by atoms with Gasteiger partial charge < -0.3 is 10.5 Å². The lowest BCUT2D eigenvalue weighted by Crippen LogP contribution is -2.38. The van der Waals surface area contributed by atoms with Gasteiger partial charge in [-0.25, -0.2) is 0 Å². The van der Waals surface area contributed by atoms with Crippen LogP contribution in [-0.4, -0.2) is 22.6 Å². The van der Waals surface area contributed by atoms with Gasteiger partial charge in [0.1, 0.15) is 11.6 Å². The zero-order chi connectivity index (χ0) is 14.8. The van der Waals surface area contributed by atoms with E-state index in [0.717, 1.165) is 16.5 Å². The average Bonchev–Trinajstić information content (AvgIpc) is 2.36. The van der Waals surface area contributed by atoms with E-state index in [0.29, 0.717) is 6.42 Å². The van der Waals surface area contributed by atoms with Crippen LogP contribution in [0, 0.1) is 0 Å². The topological polar surface area (TPSA) is 65.2 Å². The number of hydrogen-bond acceptors (Lipinski definition) is 4. The SMILES string of the molecule is CC(C)(C)OC(=O)C(N)Cc1ccc2cccnc2c1. The van der Waals surface area contributed by atoms with Crippen LogP contribution < -0.4 is 5.73 Å². The van der Waals surface area contributed by atoms with Gasteiger partial charge in [-0.1, -0.05) is 18.2 Å². The van der Waals surface area contributed by atoms with E-state index in [1.54, 1.807) is 6.20 Å². The highest BCUT2D eigenvalue weighted by molar-refractivity contribution is 5.80. The van der Waals surface area contributed by atoms with Crippen molar-refractivity contribution in [3.8, 4) is 0 Å². The summed E-state index contributed by atoms with van der Waals surface area (Å²) in [5, 5.41) is 1.07. The first-order chi connectivity index (χ1) is 9.35. The van der Waals surface area contributed by atoms with Gasteiger partial charge in [0.15, 0.2) is 0 Å². The minimum Gasteiger partial charge on any atom is -0.459 e. The Morgan fingerprint density at radius 1 is 1.35 bits per heavy atom. The number of rotatable bonds is 3. The third-order valence-corrected chi connectivity index (χ3v) is 2.84. The second-order valence-electron chi connectivity index (χ2n) is 5.87. The van der Waals surface area contributed by atoms with E-state index in [1.165, 1.54) is 0 Å². The number of nitrogens with zero attached hydrogens (tertiary/aromatic N) is 1. The Balaban J connectivity index is 2.09. The van der Waals surface area contributed by atoms with Crippen molar-refractivity contribution in [2.75, 3.05) is 0 Å². The lowest BCUT2D eigenvalue weighted by atomic mass is 10.0. The summed E-state index contributed by atoms with van der Waals surface area (Å²) in [6.07, 6.45) is 2.20. The van der Waals surface area contributed by atoms with Gasteiger partial charge in [-0.2, -0.15) is 0 Å². The molecule has 4 heteroatoms. The minimum absolute atomic E-state index is 0.376. The molecule has 2 rings (SSSR count). The Hall–Kier alpha value is -1.94. The van der Waals surface area contributed by atoms with Crippen molar-refractivity contribution < 1.29 is 9.53 Å². The molecule has 0 bridgehead atoms. The number of nitrogens with two attached hydrogens (primary N) is 1. The van der Waals surface area contributed by atoms with E-state index < -0.39 is 11.6 Å². The Kier molecular flexibility index (Phi) is 4.04. The molecule has 1 heterocycles. The Morgan fingerprint density at radius 2 is 2.10 bits per heavy atom. The second kappa shape index (κ2) is 5.59. The van der Waals surface area contributed by atoms with Crippen LogP contribution in [0.3, 0.4) is 0 Å². The Morgan fingerprint density at radius 3 is 2.80 bits per heavy atom. The molecule has 0 saturated heterocycles. The van der Waals surface area contributed by atoms with Gasteiger partial charge in [-0.05, 0) is 44.9 Å². The molecular formula is C16H20N2O2. The molecule has 1 aromatic carbocycles. The van der Waals surface area contributed by atoms with E-state index in [4.69, 9.17) is 10.5 Å². The Labute approximate surface area is 119 Å². The highest BCUT2D eigenvalue weighted by atomic mass is 16.6. The summed E-state index contributed by atoms with van der Waals surface area (Å²) in [5.74, 6) is -0.376. The third-order valence-electron chi connectivity index (χ3n) is 2.84. The zero-order valence-corrected chi connectivity index (χ0v) is 12.1. The summed E-state index contributed by atoms with van der Waals surface area (Å²) < 4.78 is 5.28. The van der Waals surface area contributed by atoms with Crippen LogP contribution in [0.15, 0.2) is 36.5 Å². The van der Waals surface area contributed by atoms with Crippen LogP contribution >= 0.6 is 0 Å². The van der Waals surface area contributed by atoms with Gasteiger partial charge in [0, 0.05) is 11.6 Å². The van der Waals surface area contributed by atoms with Gasteiger partial charge in [0.2, 0.25) is 0 Å². The molecule has 4 nitrogen and oxygen atoms in total. The van der Waals surface area contributed by atoms with Crippen LogP contribution in [0.4, 0.5) is 0 Å². The number of fused-ring (bicyclic) bond motifs is 1. The van der Waals surface area contributed by atoms with Gasteiger partial charge >= 0.3 is 5.97 Å². The van der Waals surface area contributed by atoms with Crippen LogP contribution in [0.25, 0.3) is 10.9 Å². The zero-order valence-electron chi connectivity index (χ0n) is 12.1. The number of pyridine rings is 1. The van der Waals surface area contributed by atoms with Crippen LogP contribution in [0.2, 0.25) is 0 Å². The minimum atomic E-state index is -0.657. The molecule has 0 amide bonds. The van der Waals surface area contributed by atoms with E-state index in [1.807, 2.05) is 51.1 Å². The largest absolute Gasteiger partial charge is 0.459 e. The number of benzene rings is 1. The van der Waals surface area contributed by atoms with Crippen LogP contribution in [0.5, 0.6) is 0 Å².